The zero-order valence-corrected chi connectivity index (χ0v) is 9.73. The van der Waals surface area contributed by atoms with Crippen molar-refractivity contribution in [3.05, 3.63) is 41.2 Å². The summed E-state index contributed by atoms with van der Waals surface area (Å²) in [5.74, 6) is -1.54. The largest absolute Gasteiger partial charge is 0.501 e. The molecule has 1 aromatic carbocycles. The molecule has 0 heterocycles. The highest BCUT2D eigenvalue weighted by atomic mass is 16.5. The Kier molecular flexibility index (Phi) is 4.29. The van der Waals surface area contributed by atoms with Gasteiger partial charge in [0.25, 0.3) is 0 Å². The summed E-state index contributed by atoms with van der Waals surface area (Å²) in [6.45, 7) is 3.68. The molecule has 88 valence electrons. The van der Waals surface area contributed by atoms with Crippen molar-refractivity contribution >= 4 is 11.5 Å². The lowest BCUT2D eigenvalue weighted by Crippen LogP contribution is -2.09. The molecule has 4 heteroatoms. The molecular formula is C13H13NO3. The fraction of sp³-hybridized carbons (Fsp3) is 0.231. The van der Waals surface area contributed by atoms with Gasteiger partial charge in [0.1, 0.15) is 11.6 Å². The summed E-state index contributed by atoms with van der Waals surface area (Å²) in [7, 11) is 0. The van der Waals surface area contributed by atoms with E-state index in [1.165, 1.54) is 0 Å². The number of benzene rings is 1. The number of aliphatic hydroxyl groups is 1. The highest BCUT2D eigenvalue weighted by Crippen LogP contribution is 2.18. The lowest BCUT2D eigenvalue weighted by atomic mass is 10.0. The summed E-state index contributed by atoms with van der Waals surface area (Å²) in [4.78, 5) is 11.3. The van der Waals surface area contributed by atoms with Gasteiger partial charge in [-0.05, 0) is 19.4 Å². The zero-order chi connectivity index (χ0) is 12.8. The second kappa shape index (κ2) is 5.71. The molecule has 1 rings (SSSR count). The minimum atomic E-state index is -0.885. The lowest BCUT2D eigenvalue weighted by molar-refractivity contribution is -0.141. The molecule has 1 aromatic rings. The third kappa shape index (κ3) is 3.08. The molecule has 0 unspecified atom stereocenters. The molecule has 0 aliphatic carbocycles. The number of carbonyl (C=O) groups is 1. The molecule has 0 aromatic heterocycles. The normalized spacial score (nSPS) is 11.4. The molecule has 0 saturated heterocycles. The molecule has 0 amide bonds. The average molecular weight is 231 g/mol. The van der Waals surface area contributed by atoms with Crippen LogP contribution in [0.4, 0.5) is 0 Å². The Bertz CT molecular complexity index is 480. The second-order valence-corrected chi connectivity index (χ2v) is 3.42. The highest BCUT2D eigenvalue weighted by Gasteiger charge is 2.16. The molecule has 17 heavy (non-hydrogen) atoms. The standard InChI is InChI=1S/C13H13NO3/c1-3-17-13(16)12(15)11(8-14)10-6-4-9(2)5-7-10/h4-7,15H,3H2,1-2H3/b12-11-. The Morgan fingerprint density at radius 2 is 2.00 bits per heavy atom. The Labute approximate surface area is 99.8 Å². The first-order chi connectivity index (χ1) is 8.10. The fourth-order valence-corrected chi connectivity index (χ4v) is 1.28. The first kappa shape index (κ1) is 12.8. The third-order valence-electron chi connectivity index (χ3n) is 2.16. The number of aryl methyl sites for hydroxylation is 1. The molecule has 0 atom stereocenters. The van der Waals surface area contributed by atoms with E-state index in [-0.39, 0.29) is 12.2 Å². The number of esters is 1. The van der Waals surface area contributed by atoms with E-state index < -0.39 is 11.7 Å². The number of hydrogen-bond donors (Lipinski definition) is 1. The average Bonchev–Trinajstić information content (AvgIpc) is 2.32. The Morgan fingerprint density at radius 3 is 2.47 bits per heavy atom. The van der Waals surface area contributed by atoms with Crippen molar-refractivity contribution < 1.29 is 14.6 Å². The van der Waals surface area contributed by atoms with Gasteiger partial charge in [-0.3, -0.25) is 0 Å². The van der Waals surface area contributed by atoms with Crippen molar-refractivity contribution in [2.75, 3.05) is 6.61 Å². The fourth-order valence-electron chi connectivity index (χ4n) is 1.28. The first-order valence-electron chi connectivity index (χ1n) is 5.17. The molecule has 0 spiro atoms. The maximum atomic E-state index is 11.3. The summed E-state index contributed by atoms with van der Waals surface area (Å²) in [6, 6.07) is 8.74. The van der Waals surface area contributed by atoms with Crippen LogP contribution in [0, 0.1) is 18.3 Å². The van der Waals surface area contributed by atoms with Crippen LogP contribution in [-0.2, 0) is 9.53 Å². The van der Waals surface area contributed by atoms with Crippen LogP contribution in [0.25, 0.3) is 5.57 Å². The quantitative estimate of drug-likeness (QED) is 0.375. The maximum Gasteiger partial charge on any atom is 0.374 e. The van der Waals surface area contributed by atoms with Crippen LogP contribution in [0.15, 0.2) is 30.0 Å². The van der Waals surface area contributed by atoms with Gasteiger partial charge in [0, 0.05) is 0 Å². The van der Waals surface area contributed by atoms with Gasteiger partial charge >= 0.3 is 5.97 Å². The van der Waals surface area contributed by atoms with Crippen LogP contribution < -0.4 is 0 Å². The van der Waals surface area contributed by atoms with Gasteiger partial charge in [-0.15, -0.1) is 0 Å². The molecule has 0 aliphatic rings. The van der Waals surface area contributed by atoms with Crippen LogP contribution in [0.2, 0.25) is 0 Å². The molecular weight excluding hydrogens is 218 g/mol. The van der Waals surface area contributed by atoms with Crippen molar-refractivity contribution in [3.8, 4) is 6.07 Å². The van der Waals surface area contributed by atoms with Gasteiger partial charge in [-0.1, -0.05) is 29.8 Å². The van der Waals surface area contributed by atoms with E-state index in [2.05, 4.69) is 4.74 Å². The number of allylic oxidation sites excluding steroid dienone is 1. The smallest absolute Gasteiger partial charge is 0.374 e. The summed E-state index contributed by atoms with van der Waals surface area (Å²) in [5, 5.41) is 18.6. The molecule has 0 aliphatic heterocycles. The predicted molar refractivity (Wildman–Crippen MR) is 63.0 cm³/mol. The van der Waals surface area contributed by atoms with Gasteiger partial charge in [-0.25, -0.2) is 4.79 Å². The van der Waals surface area contributed by atoms with Gasteiger partial charge in [-0.2, -0.15) is 5.26 Å². The van der Waals surface area contributed by atoms with Crippen molar-refractivity contribution in [2.45, 2.75) is 13.8 Å². The maximum absolute atomic E-state index is 11.3. The SMILES string of the molecule is CCOC(=O)/C(O)=C(\C#N)c1ccc(C)cc1. The molecule has 4 nitrogen and oxygen atoms in total. The Balaban J connectivity index is 3.15. The predicted octanol–water partition coefficient (Wildman–Crippen LogP) is 2.35. The van der Waals surface area contributed by atoms with Gasteiger partial charge < -0.3 is 9.84 Å². The molecule has 0 radical (unpaired) electrons. The van der Waals surface area contributed by atoms with E-state index in [0.29, 0.717) is 5.56 Å². The van der Waals surface area contributed by atoms with Crippen LogP contribution >= 0.6 is 0 Å². The molecule has 0 bridgehead atoms. The number of carbonyl (C=O) groups excluding carboxylic acids is 1. The van der Waals surface area contributed by atoms with Crippen LogP contribution in [-0.4, -0.2) is 17.7 Å². The number of hydrogen-bond acceptors (Lipinski definition) is 4. The summed E-state index contributed by atoms with van der Waals surface area (Å²) in [6.07, 6.45) is 0. The number of nitriles is 1. The second-order valence-electron chi connectivity index (χ2n) is 3.42. The minimum absolute atomic E-state index is 0.0801. The monoisotopic (exact) mass is 231 g/mol. The van der Waals surface area contributed by atoms with Crippen LogP contribution in [0.1, 0.15) is 18.1 Å². The van der Waals surface area contributed by atoms with Crippen LogP contribution in [0.5, 0.6) is 0 Å². The van der Waals surface area contributed by atoms with Gasteiger partial charge in [0.2, 0.25) is 5.76 Å². The number of rotatable bonds is 3. The molecule has 0 fully saturated rings. The van der Waals surface area contributed by atoms with Crippen molar-refractivity contribution in [3.63, 3.8) is 0 Å². The van der Waals surface area contributed by atoms with Crippen LogP contribution in [0.3, 0.4) is 0 Å². The zero-order valence-electron chi connectivity index (χ0n) is 9.73. The summed E-state index contributed by atoms with van der Waals surface area (Å²) < 4.78 is 4.63. The topological polar surface area (TPSA) is 70.3 Å². The van der Waals surface area contributed by atoms with Crippen molar-refractivity contribution in [2.24, 2.45) is 0 Å². The van der Waals surface area contributed by atoms with Gasteiger partial charge in [0.05, 0.1) is 6.61 Å². The third-order valence-corrected chi connectivity index (χ3v) is 2.16. The van der Waals surface area contributed by atoms with E-state index in [0.717, 1.165) is 5.56 Å². The van der Waals surface area contributed by atoms with E-state index in [1.54, 1.807) is 37.3 Å². The Morgan fingerprint density at radius 1 is 1.41 bits per heavy atom. The van der Waals surface area contributed by atoms with Crippen molar-refractivity contribution in [1.82, 2.24) is 0 Å². The number of ether oxygens (including phenoxy) is 1. The summed E-state index contributed by atoms with van der Waals surface area (Å²) >= 11 is 0. The molecule has 0 saturated carbocycles. The summed E-state index contributed by atoms with van der Waals surface area (Å²) in [5.41, 5.74) is 1.44. The van der Waals surface area contributed by atoms with E-state index in [1.807, 2.05) is 6.92 Å². The van der Waals surface area contributed by atoms with E-state index >= 15 is 0 Å². The van der Waals surface area contributed by atoms with E-state index in [9.17, 15) is 9.90 Å². The minimum Gasteiger partial charge on any atom is -0.501 e. The van der Waals surface area contributed by atoms with Crippen molar-refractivity contribution in [1.29, 1.82) is 5.26 Å². The molecule has 1 N–H and O–H groups in total. The van der Waals surface area contributed by atoms with E-state index in [4.69, 9.17) is 5.26 Å². The highest BCUT2D eigenvalue weighted by molar-refractivity contribution is 5.98. The lowest BCUT2D eigenvalue weighted by Gasteiger charge is -2.04. The van der Waals surface area contributed by atoms with Gasteiger partial charge in [0.15, 0.2) is 0 Å². The first-order valence-corrected chi connectivity index (χ1v) is 5.17. The number of nitrogens with zero attached hydrogens (tertiary/aromatic N) is 1. The number of aliphatic hydroxyl groups excluding tert-OH is 1. The Hall–Kier alpha value is -2.28.